The molecule has 4 nitrogen and oxygen atoms in total. The van der Waals surface area contributed by atoms with Crippen molar-refractivity contribution in [2.75, 3.05) is 26.3 Å². The highest BCUT2D eigenvalue weighted by Gasteiger charge is 2.25. The molecule has 2 N–H and O–H groups in total. The van der Waals surface area contributed by atoms with Gasteiger partial charge in [-0.15, -0.1) is 0 Å². The van der Waals surface area contributed by atoms with Crippen LogP contribution in [0.1, 0.15) is 26.2 Å². The number of alkyl halides is 2. The fourth-order valence-electron chi connectivity index (χ4n) is 2.11. The normalized spacial score (nSPS) is 24.2. The largest absolute Gasteiger partial charge is 0.374 e. The number of rotatable bonds is 7. The number of carbonyl (C=O) groups is 1. The molecule has 1 aliphatic heterocycles. The first-order chi connectivity index (χ1) is 8.63. The molecule has 2 unspecified atom stereocenters. The Labute approximate surface area is 106 Å². The highest BCUT2D eigenvalue weighted by atomic mass is 19.3. The van der Waals surface area contributed by atoms with Crippen molar-refractivity contribution in [1.82, 2.24) is 10.6 Å². The van der Waals surface area contributed by atoms with E-state index in [0.717, 1.165) is 25.8 Å². The summed E-state index contributed by atoms with van der Waals surface area (Å²) in [5.41, 5.74) is 0. The van der Waals surface area contributed by atoms with Crippen LogP contribution in [0.2, 0.25) is 0 Å². The van der Waals surface area contributed by atoms with Crippen LogP contribution in [0.25, 0.3) is 0 Å². The second-order valence-electron chi connectivity index (χ2n) is 4.56. The number of piperidine rings is 1. The second kappa shape index (κ2) is 8.37. The van der Waals surface area contributed by atoms with Crippen LogP contribution in [-0.2, 0) is 9.53 Å². The number of nitrogens with one attached hydrogen (secondary N) is 2. The summed E-state index contributed by atoms with van der Waals surface area (Å²) in [4.78, 5) is 11.8. The van der Waals surface area contributed by atoms with Gasteiger partial charge in [0.25, 0.3) is 6.43 Å². The topological polar surface area (TPSA) is 50.4 Å². The second-order valence-corrected chi connectivity index (χ2v) is 4.56. The third kappa shape index (κ3) is 5.73. The molecule has 0 spiro atoms. The van der Waals surface area contributed by atoms with Gasteiger partial charge in [0.2, 0.25) is 5.91 Å². The van der Waals surface area contributed by atoms with E-state index in [1.807, 2.05) is 0 Å². The molecule has 2 atom stereocenters. The summed E-state index contributed by atoms with van der Waals surface area (Å²) in [6.07, 6.45) is 0.590. The first-order valence-corrected chi connectivity index (χ1v) is 6.50. The molecule has 1 rings (SSSR count). The van der Waals surface area contributed by atoms with Crippen molar-refractivity contribution in [2.45, 2.75) is 38.7 Å². The quantitative estimate of drug-likeness (QED) is 0.679. The van der Waals surface area contributed by atoms with Crippen LogP contribution in [-0.4, -0.2) is 44.7 Å². The molecule has 0 aromatic carbocycles. The van der Waals surface area contributed by atoms with Crippen molar-refractivity contribution < 1.29 is 18.3 Å². The van der Waals surface area contributed by atoms with E-state index in [2.05, 4.69) is 22.3 Å². The van der Waals surface area contributed by atoms with Crippen molar-refractivity contribution in [3.63, 3.8) is 0 Å². The summed E-state index contributed by atoms with van der Waals surface area (Å²) >= 11 is 0. The van der Waals surface area contributed by atoms with E-state index in [0.29, 0.717) is 5.92 Å². The SMILES string of the molecule is CCC1CCNC(C(=O)NCCOCC(F)F)C1. The molecule has 0 radical (unpaired) electrons. The summed E-state index contributed by atoms with van der Waals surface area (Å²) in [5.74, 6) is 0.533. The van der Waals surface area contributed by atoms with E-state index >= 15 is 0 Å². The molecule has 0 aromatic heterocycles. The zero-order valence-electron chi connectivity index (χ0n) is 10.8. The van der Waals surface area contributed by atoms with Crippen molar-refractivity contribution in [1.29, 1.82) is 0 Å². The predicted octanol–water partition coefficient (Wildman–Crippen LogP) is 1.16. The van der Waals surface area contributed by atoms with Crippen LogP contribution >= 0.6 is 0 Å². The van der Waals surface area contributed by atoms with E-state index in [1.54, 1.807) is 0 Å². The van der Waals surface area contributed by atoms with Crippen LogP contribution in [0.4, 0.5) is 8.78 Å². The fourth-order valence-corrected chi connectivity index (χ4v) is 2.11. The van der Waals surface area contributed by atoms with Gasteiger partial charge in [-0.25, -0.2) is 8.78 Å². The molecule has 0 aliphatic carbocycles. The Hall–Kier alpha value is -0.750. The molecule has 1 heterocycles. The van der Waals surface area contributed by atoms with Gasteiger partial charge < -0.3 is 15.4 Å². The maximum Gasteiger partial charge on any atom is 0.261 e. The lowest BCUT2D eigenvalue weighted by Crippen LogP contribution is -2.49. The van der Waals surface area contributed by atoms with Gasteiger partial charge in [0.1, 0.15) is 6.61 Å². The van der Waals surface area contributed by atoms with Gasteiger partial charge in [-0.05, 0) is 25.3 Å². The standard InChI is InChI=1S/C12H22F2N2O2/c1-2-9-3-4-15-10(7-9)12(17)16-5-6-18-8-11(13)14/h9-11,15H,2-8H2,1H3,(H,16,17). The summed E-state index contributed by atoms with van der Waals surface area (Å²) < 4.78 is 28.2. The monoisotopic (exact) mass is 264 g/mol. The van der Waals surface area contributed by atoms with E-state index in [4.69, 9.17) is 0 Å². The number of amides is 1. The lowest BCUT2D eigenvalue weighted by molar-refractivity contribution is -0.124. The Morgan fingerprint density at radius 2 is 2.33 bits per heavy atom. The van der Waals surface area contributed by atoms with E-state index in [-0.39, 0.29) is 25.1 Å². The summed E-state index contributed by atoms with van der Waals surface area (Å²) in [6.45, 7) is 2.82. The highest BCUT2D eigenvalue weighted by Crippen LogP contribution is 2.19. The summed E-state index contributed by atoms with van der Waals surface area (Å²) in [6, 6.07) is -0.154. The zero-order valence-corrected chi connectivity index (χ0v) is 10.8. The molecule has 18 heavy (non-hydrogen) atoms. The van der Waals surface area contributed by atoms with Crippen molar-refractivity contribution in [2.24, 2.45) is 5.92 Å². The van der Waals surface area contributed by atoms with E-state index in [9.17, 15) is 13.6 Å². The minimum Gasteiger partial charge on any atom is -0.374 e. The third-order valence-corrected chi connectivity index (χ3v) is 3.20. The Kier molecular flexibility index (Phi) is 7.12. The van der Waals surface area contributed by atoms with Gasteiger partial charge in [0, 0.05) is 6.54 Å². The summed E-state index contributed by atoms with van der Waals surface area (Å²) in [5, 5.41) is 5.87. The lowest BCUT2D eigenvalue weighted by Gasteiger charge is -2.28. The number of halogens is 2. The molecule has 1 amide bonds. The molecule has 0 saturated carbocycles. The highest BCUT2D eigenvalue weighted by molar-refractivity contribution is 5.81. The molecular formula is C12H22F2N2O2. The van der Waals surface area contributed by atoms with E-state index < -0.39 is 13.0 Å². The predicted molar refractivity (Wildman–Crippen MR) is 64.6 cm³/mol. The maximum atomic E-state index is 11.8. The molecule has 106 valence electrons. The van der Waals surface area contributed by atoms with Crippen LogP contribution in [0.3, 0.4) is 0 Å². The molecule has 1 aliphatic rings. The minimum absolute atomic E-state index is 0.0613. The Morgan fingerprint density at radius 1 is 1.56 bits per heavy atom. The smallest absolute Gasteiger partial charge is 0.261 e. The third-order valence-electron chi connectivity index (χ3n) is 3.20. The van der Waals surface area contributed by atoms with Gasteiger partial charge in [0.05, 0.1) is 12.6 Å². The molecular weight excluding hydrogens is 242 g/mol. The van der Waals surface area contributed by atoms with Crippen LogP contribution < -0.4 is 10.6 Å². The minimum atomic E-state index is -2.45. The first-order valence-electron chi connectivity index (χ1n) is 6.50. The maximum absolute atomic E-state index is 11.8. The van der Waals surface area contributed by atoms with Gasteiger partial charge in [-0.2, -0.15) is 0 Å². The molecule has 0 aromatic rings. The van der Waals surface area contributed by atoms with Crippen LogP contribution in [0.5, 0.6) is 0 Å². The first kappa shape index (κ1) is 15.3. The van der Waals surface area contributed by atoms with E-state index in [1.165, 1.54) is 0 Å². The number of hydrogen-bond donors (Lipinski definition) is 2. The zero-order chi connectivity index (χ0) is 13.4. The van der Waals surface area contributed by atoms with Gasteiger partial charge in [0.15, 0.2) is 0 Å². The Balaban J connectivity index is 2.12. The lowest BCUT2D eigenvalue weighted by atomic mass is 9.90. The average molecular weight is 264 g/mol. The average Bonchev–Trinajstić information content (AvgIpc) is 2.37. The van der Waals surface area contributed by atoms with Gasteiger partial charge in [-0.3, -0.25) is 4.79 Å². The van der Waals surface area contributed by atoms with Gasteiger partial charge >= 0.3 is 0 Å². The molecule has 0 bridgehead atoms. The molecule has 1 saturated heterocycles. The van der Waals surface area contributed by atoms with Crippen LogP contribution in [0, 0.1) is 5.92 Å². The molecule has 6 heteroatoms. The number of hydrogen-bond acceptors (Lipinski definition) is 3. The number of carbonyl (C=O) groups excluding carboxylic acids is 1. The number of ether oxygens (including phenoxy) is 1. The Bertz CT molecular complexity index is 252. The summed E-state index contributed by atoms with van der Waals surface area (Å²) in [7, 11) is 0. The van der Waals surface area contributed by atoms with Crippen molar-refractivity contribution >= 4 is 5.91 Å². The van der Waals surface area contributed by atoms with Crippen molar-refractivity contribution in [3.05, 3.63) is 0 Å². The fraction of sp³-hybridized carbons (Fsp3) is 0.917. The van der Waals surface area contributed by atoms with Crippen molar-refractivity contribution in [3.8, 4) is 0 Å². The molecule has 1 fully saturated rings. The van der Waals surface area contributed by atoms with Crippen LogP contribution in [0.15, 0.2) is 0 Å². The van der Waals surface area contributed by atoms with Gasteiger partial charge in [-0.1, -0.05) is 13.3 Å². The Morgan fingerprint density at radius 3 is 3.00 bits per heavy atom.